The minimum atomic E-state index is -1.20. The number of piperazine rings is 1. The van der Waals surface area contributed by atoms with Crippen molar-refractivity contribution in [3.63, 3.8) is 0 Å². The average Bonchev–Trinajstić information content (AvgIpc) is 3.05. The summed E-state index contributed by atoms with van der Waals surface area (Å²) in [5.74, 6) is 0. The minimum Gasteiger partial charge on any atom is -0.369 e. The van der Waals surface area contributed by atoms with Crippen LogP contribution < -0.4 is 4.90 Å². The second-order valence-corrected chi connectivity index (χ2v) is 9.46. The highest BCUT2D eigenvalue weighted by Crippen LogP contribution is 2.25. The summed E-state index contributed by atoms with van der Waals surface area (Å²) in [6, 6.07) is 16.7. The van der Waals surface area contributed by atoms with Crippen molar-refractivity contribution >= 4 is 23.0 Å². The van der Waals surface area contributed by atoms with Gasteiger partial charge < -0.3 is 9.80 Å². The topological polar surface area (TPSA) is 43.9 Å². The first-order valence-corrected chi connectivity index (χ1v) is 11.7. The number of benzene rings is 2. The lowest BCUT2D eigenvalue weighted by Gasteiger charge is -2.34. The molecule has 5 nitrogen and oxygen atoms in total. The molecule has 0 saturated carbocycles. The van der Waals surface area contributed by atoms with Crippen molar-refractivity contribution in [1.29, 1.82) is 0 Å². The first-order valence-electron chi connectivity index (χ1n) is 10.6. The van der Waals surface area contributed by atoms with Crippen LogP contribution in [0, 0.1) is 0 Å². The lowest BCUT2D eigenvalue weighted by atomic mass is 10.1. The molecule has 1 atom stereocenters. The van der Waals surface area contributed by atoms with Crippen LogP contribution in [0.3, 0.4) is 0 Å². The molecule has 6 heteroatoms. The van der Waals surface area contributed by atoms with Gasteiger partial charge in [0.2, 0.25) is 0 Å². The summed E-state index contributed by atoms with van der Waals surface area (Å²) < 4.78 is 14.9. The number of aldehydes is 1. The first kappa shape index (κ1) is 21.0. The van der Waals surface area contributed by atoms with Gasteiger partial charge in [-0.05, 0) is 60.9 Å². The van der Waals surface area contributed by atoms with E-state index in [0.717, 1.165) is 54.9 Å². The summed E-state index contributed by atoms with van der Waals surface area (Å²) in [7, 11) is 0.971. The van der Waals surface area contributed by atoms with E-state index < -0.39 is 11.0 Å². The number of carbonyl (C=O) groups is 1. The highest BCUT2D eigenvalue weighted by Gasteiger charge is 2.18. The Morgan fingerprint density at radius 3 is 2.10 bits per heavy atom. The minimum absolute atomic E-state index is 0.646. The summed E-state index contributed by atoms with van der Waals surface area (Å²) in [4.78, 5) is 16.6. The van der Waals surface area contributed by atoms with E-state index in [2.05, 4.69) is 41.1 Å². The molecular formula is C24H29N3O2S. The number of likely N-dealkylation sites (N-methyl/N-ethyl adjacent to an activating group) is 1. The van der Waals surface area contributed by atoms with E-state index in [4.69, 9.17) is 0 Å². The molecule has 2 aromatic carbocycles. The fourth-order valence-electron chi connectivity index (χ4n) is 3.98. The van der Waals surface area contributed by atoms with Gasteiger partial charge in [0.1, 0.15) is 17.3 Å². The van der Waals surface area contributed by atoms with Gasteiger partial charge in [0.15, 0.2) is 0 Å². The van der Waals surface area contributed by atoms with Crippen LogP contribution >= 0.6 is 0 Å². The molecule has 2 aliphatic rings. The maximum atomic E-state index is 13.0. The van der Waals surface area contributed by atoms with E-state index in [1.54, 1.807) is 0 Å². The van der Waals surface area contributed by atoms with Crippen molar-refractivity contribution in [3.05, 3.63) is 60.2 Å². The average molecular weight is 424 g/mol. The largest absolute Gasteiger partial charge is 0.369 e. The van der Waals surface area contributed by atoms with Crippen LogP contribution in [0.2, 0.25) is 0 Å². The van der Waals surface area contributed by atoms with Gasteiger partial charge in [-0.2, -0.15) is 0 Å². The molecule has 158 valence electrons. The molecule has 0 spiro atoms. The normalized spacial score (nSPS) is 19.8. The van der Waals surface area contributed by atoms with Crippen molar-refractivity contribution in [2.45, 2.75) is 17.7 Å². The highest BCUT2D eigenvalue weighted by atomic mass is 32.2. The molecule has 0 amide bonds. The quantitative estimate of drug-likeness (QED) is 0.692. The molecule has 1 saturated heterocycles. The predicted octanol–water partition coefficient (Wildman–Crippen LogP) is 3.35. The number of hydrogen-bond donors (Lipinski definition) is 0. The molecular weight excluding hydrogens is 394 g/mol. The highest BCUT2D eigenvalue weighted by molar-refractivity contribution is 7.82. The summed E-state index contributed by atoms with van der Waals surface area (Å²) in [6.07, 6.45) is 4.29. The standard InChI is InChI=1S/C24H29N3O2S/c1-25-15-17-26(18-16-25)23-8-4-21(5-9-23)22-6-10-24(11-7-22)30(29)27-13-2-3-20(19-28)12-14-27/h3-11,19H,2,12-18H2,1H3. The summed E-state index contributed by atoms with van der Waals surface area (Å²) in [5, 5.41) is 0. The smallest absolute Gasteiger partial charge is 0.145 e. The van der Waals surface area contributed by atoms with Crippen molar-refractivity contribution in [1.82, 2.24) is 9.21 Å². The zero-order valence-corrected chi connectivity index (χ0v) is 18.3. The summed E-state index contributed by atoms with van der Waals surface area (Å²) >= 11 is 0. The van der Waals surface area contributed by atoms with Gasteiger partial charge in [0, 0.05) is 45.0 Å². The third kappa shape index (κ3) is 4.89. The van der Waals surface area contributed by atoms with Crippen molar-refractivity contribution < 1.29 is 9.00 Å². The van der Waals surface area contributed by atoms with Crippen molar-refractivity contribution in [2.24, 2.45) is 0 Å². The lowest BCUT2D eigenvalue weighted by molar-refractivity contribution is -0.105. The second-order valence-electron chi connectivity index (χ2n) is 7.98. The maximum absolute atomic E-state index is 13.0. The van der Waals surface area contributed by atoms with Gasteiger partial charge in [-0.3, -0.25) is 4.79 Å². The molecule has 0 aliphatic carbocycles. The van der Waals surface area contributed by atoms with E-state index in [1.807, 2.05) is 34.6 Å². The molecule has 0 bridgehead atoms. The van der Waals surface area contributed by atoms with Crippen LogP contribution in [-0.2, 0) is 15.8 Å². The molecule has 0 N–H and O–H groups in total. The first-order chi connectivity index (χ1) is 14.6. The van der Waals surface area contributed by atoms with E-state index in [-0.39, 0.29) is 0 Å². The van der Waals surface area contributed by atoms with Crippen LogP contribution in [-0.4, -0.2) is 66.0 Å². The zero-order valence-electron chi connectivity index (χ0n) is 17.5. The number of rotatable bonds is 5. The number of anilines is 1. The molecule has 30 heavy (non-hydrogen) atoms. The molecule has 2 heterocycles. The Morgan fingerprint density at radius 1 is 0.833 bits per heavy atom. The Bertz CT molecular complexity index is 916. The van der Waals surface area contributed by atoms with Crippen molar-refractivity contribution in [3.8, 4) is 11.1 Å². The third-order valence-electron chi connectivity index (χ3n) is 5.95. The second kappa shape index (κ2) is 9.69. The number of nitrogens with zero attached hydrogens (tertiary/aromatic N) is 3. The number of hydrogen-bond acceptors (Lipinski definition) is 4. The van der Waals surface area contributed by atoms with Gasteiger partial charge in [0.25, 0.3) is 0 Å². The summed E-state index contributed by atoms with van der Waals surface area (Å²) in [5.41, 5.74) is 4.38. The SMILES string of the molecule is CN1CCN(c2ccc(-c3ccc(S(=O)N4CCC=C(C=O)CC4)cc3)cc2)CC1. The molecule has 4 rings (SSSR count). The van der Waals surface area contributed by atoms with Crippen molar-refractivity contribution in [2.75, 3.05) is 51.2 Å². The number of carbonyl (C=O) groups excluding carboxylic acids is 1. The van der Waals surface area contributed by atoms with Crippen LogP contribution in [0.15, 0.2) is 65.1 Å². The monoisotopic (exact) mass is 423 g/mol. The molecule has 0 aromatic heterocycles. The molecule has 1 fully saturated rings. The van der Waals surface area contributed by atoms with E-state index in [9.17, 15) is 9.00 Å². The predicted molar refractivity (Wildman–Crippen MR) is 123 cm³/mol. The van der Waals surface area contributed by atoms with Gasteiger partial charge in [-0.25, -0.2) is 8.51 Å². The Labute approximate surface area is 181 Å². The third-order valence-corrected chi connectivity index (χ3v) is 7.46. The van der Waals surface area contributed by atoms with Crippen LogP contribution in [0.1, 0.15) is 12.8 Å². The van der Waals surface area contributed by atoms with Crippen LogP contribution in [0.4, 0.5) is 5.69 Å². The van der Waals surface area contributed by atoms with E-state index >= 15 is 0 Å². The van der Waals surface area contributed by atoms with Gasteiger partial charge >= 0.3 is 0 Å². The Kier molecular flexibility index (Phi) is 6.77. The van der Waals surface area contributed by atoms with Crippen LogP contribution in [0.5, 0.6) is 0 Å². The fourth-order valence-corrected chi connectivity index (χ4v) is 5.17. The van der Waals surface area contributed by atoms with E-state index in [1.165, 1.54) is 11.3 Å². The van der Waals surface area contributed by atoms with Gasteiger partial charge in [0.05, 0.1) is 4.90 Å². The maximum Gasteiger partial charge on any atom is 0.145 e. The van der Waals surface area contributed by atoms with Gasteiger partial charge in [-0.15, -0.1) is 0 Å². The summed E-state index contributed by atoms with van der Waals surface area (Å²) in [6.45, 7) is 5.69. The fraction of sp³-hybridized carbons (Fsp3) is 0.375. The van der Waals surface area contributed by atoms with Gasteiger partial charge in [-0.1, -0.05) is 30.3 Å². The van der Waals surface area contributed by atoms with E-state index in [0.29, 0.717) is 19.5 Å². The molecule has 2 aromatic rings. The molecule has 1 unspecified atom stereocenters. The Hall–Kier alpha value is -2.28. The van der Waals surface area contributed by atoms with Crippen LogP contribution in [0.25, 0.3) is 11.1 Å². The Balaban J connectivity index is 1.41. The molecule has 2 aliphatic heterocycles. The zero-order chi connectivity index (χ0) is 20.9. The Morgan fingerprint density at radius 2 is 1.47 bits per heavy atom. The lowest BCUT2D eigenvalue weighted by Crippen LogP contribution is -2.44. The molecule has 0 radical (unpaired) electrons.